The number of thiophene rings is 1. The smallest absolute Gasteiger partial charge is 0.0558 e. The Morgan fingerprint density at radius 3 is 3.00 bits per heavy atom. The van der Waals surface area contributed by atoms with E-state index in [1.165, 1.54) is 4.88 Å². The third-order valence-corrected chi connectivity index (χ3v) is 3.21. The van der Waals surface area contributed by atoms with Crippen LogP contribution >= 0.6 is 11.3 Å². The Hall–Kier alpha value is -0.860. The molecule has 0 saturated carbocycles. The van der Waals surface area contributed by atoms with Crippen LogP contribution in [0, 0.1) is 11.8 Å². The number of hydrogen-bond acceptors (Lipinski definition) is 4. The van der Waals surface area contributed by atoms with Crippen LogP contribution in [0.2, 0.25) is 0 Å². The van der Waals surface area contributed by atoms with Crippen molar-refractivity contribution in [2.45, 2.75) is 13.5 Å². The Morgan fingerprint density at radius 2 is 2.38 bits per heavy atom. The van der Waals surface area contributed by atoms with Gasteiger partial charge < -0.3 is 10.8 Å². The molecule has 0 aliphatic carbocycles. The van der Waals surface area contributed by atoms with Gasteiger partial charge in [-0.1, -0.05) is 18.8 Å². The summed E-state index contributed by atoms with van der Waals surface area (Å²) < 4.78 is 0. The molecule has 0 aliphatic heterocycles. The summed E-state index contributed by atoms with van der Waals surface area (Å²) in [5, 5.41) is 11.0. The molecule has 1 aromatic heterocycles. The second-order valence-corrected chi connectivity index (χ2v) is 4.36. The molecule has 0 unspecified atom stereocenters. The van der Waals surface area contributed by atoms with Gasteiger partial charge in [-0.3, -0.25) is 4.90 Å². The first-order chi connectivity index (χ1) is 7.81. The number of likely N-dealkylation sites (N-methyl/N-ethyl adjacent to an activating group) is 1. The molecule has 1 aromatic rings. The fraction of sp³-hybridized carbons (Fsp3) is 0.500. The van der Waals surface area contributed by atoms with Gasteiger partial charge in [-0.05, 0) is 18.0 Å². The predicted molar refractivity (Wildman–Crippen MR) is 68.3 cm³/mol. The maximum absolute atomic E-state index is 8.92. The third kappa shape index (κ3) is 3.95. The highest BCUT2D eigenvalue weighted by atomic mass is 32.1. The molecule has 0 fully saturated rings. The maximum Gasteiger partial charge on any atom is 0.0558 e. The lowest BCUT2D eigenvalue weighted by atomic mass is 10.2. The van der Waals surface area contributed by atoms with E-state index >= 15 is 0 Å². The average Bonchev–Trinajstić information content (AvgIpc) is 2.73. The lowest BCUT2D eigenvalue weighted by molar-refractivity contribution is 0.198. The van der Waals surface area contributed by atoms with Crippen molar-refractivity contribution in [3.05, 3.63) is 21.9 Å². The summed E-state index contributed by atoms with van der Waals surface area (Å²) in [6.45, 7) is 5.17. The van der Waals surface area contributed by atoms with Crippen LogP contribution in [0.15, 0.2) is 11.4 Å². The molecule has 0 aliphatic rings. The summed E-state index contributed by atoms with van der Waals surface area (Å²) in [7, 11) is 0. The Kier molecular flexibility index (Phi) is 6.12. The molecule has 0 atom stereocenters. The highest BCUT2D eigenvalue weighted by molar-refractivity contribution is 7.10. The lowest BCUT2D eigenvalue weighted by Gasteiger charge is -2.18. The Morgan fingerprint density at radius 1 is 1.56 bits per heavy atom. The van der Waals surface area contributed by atoms with Gasteiger partial charge in [0.1, 0.15) is 0 Å². The van der Waals surface area contributed by atoms with Gasteiger partial charge >= 0.3 is 0 Å². The molecule has 88 valence electrons. The summed E-state index contributed by atoms with van der Waals surface area (Å²) in [6.07, 6.45) is 0. The molecule has 4 heteroatoms. The topological polar surface area (TPSA) is 49.5 Å². The molecule has 0 spiro atoms. The lowest BCUT2D eigenvalue weighted by Crippen LogP contribution is -2.25. The fourth-order valence-electron chi connectivity index (χ4n) is 1.41. The average molecular weight is 238 g/mol. The number of aliphatic hydroxyl groups is 1. The van der Waals surface area contributed by atoms with Crippen LogP contribution in [0.25, 0.3) is 0 Å². The fourth-order valence-corrected chi connectivity index (χ4v) is 2.29. The van der Waals surface area contributed by atoms with E-state index in [1.807, 2.05) is 11.4 Å². The van der Waals surface area contributed by atoms with Crippen molar-refractivity contribution in [3.8, 4) is 11.8 Å². The molecule has 3 nitrogen and oxygen atoms in total. The maximum atomic E-state index is 8.92. The monoisotopic (exact) mass is 238 g/mol. The van der Waals surface area contributed by atoms with Gasteiger partial charge in [-0.25, -0.2) is 0 Å². The molecular formula is C12H18N2OS. The van der Waals surface area contributed by atoms with Crippen molar-refractivity contribution in [2.75, 3.05) is 26.2 Å². The van der Waals surface area contributed by atoms with E-state index in [0.717, 1.165) is 18.7 Å². The van der Waals surface area contributed by atoms with Crippen LogP contribution < -0.4 is 5.73 Å². The molecule has 16 heavy (non-hydrogen) atoms. The second-order valence-electron chi connectivity index (χ2n) is 3.36. The van der Waals surface area contributed by atoms with Crippen molar-refractivity contribution in [1.82, 2.24) is 4.90 Å². The van der Waals surface area contributed by atoms with Crippen molar-refractivity contribution in [3.63, 3.8) is 0 Å². The van der Waals surface area contributed by atoms with Gasteiger partial charge in [0, 0.05) is 23.5 Å². The van der Waals surface area contributed by atoms with E-state index in [9.17, 15) is 0 Å². The minimum absolute atomic E-state index is 0.197. The van der Waals surface area contributed by atoms with Crippen LogP contribution in [-0.2, 0) is 6.54 Å². The first kappa shape index (κ1) is 13.2. The first-order valence-corrected chi connectivity index (χ1v) is 6.28. The number of nitrogens with two attached hydrogens (primary N) is 1. The molecule has 3 N–H and O–H groups in total. The minimum atomic E-state index is 0.197. The standard InChI is InChI=1S/C12H18N2OS/c1-2-14(7-8-15)10-12-11(4-3-6-13)5-9-16-12/h5,9,15H,2,6-8,10,13H2,1H3. The van der Waals surface area contributed by atoms with Crippen LogP contribution in [0.5, 0.6) is 0 Å². The van der Waals surface area contributed by atoms with Crippen LogP contribution in [-0.4, -0.2) is 36.2 Å². The van der Waals surface area contributed by atoms with Gasteiger partial charge in [-0.15, -0.1) is 11.3 Å². The van der Waals surface area contributed by atoms with Crippen LogP contribution in [0.1, 0.15) is 17.4 Å². The molecule has 1 heterocycles. The molecule has 0 amide bonds. The molecule has 0 aromatic carbocycles. The zero-order chi connectivity index (χ0) is 11.8. The molecule has 1 rings (SSSR count). The summed E-state index contributed by atoms with van der Waals surface area (Å²) in [4.78, 5) is 3.44. The van der Waals surface area contributed by atoms with Crippen molar-refractivity contribution >= 4 is 11.3 Å². The van der Waals surface area contributed by atoms with Gasteiger partial charge in [0.2, 0.25) is 0 Å². The molecule has 0 saturated heterocycles. The summed E-state index contributed by atoms with van der Waals surface area (Å²) >= 11 is 1.70. The number of aliphatic hydroxyl groups excluding tert-OH is 1. The van der Waals surface area contributed by atoms with Crippen LogP contribution in [0.4, 0.5) is 0 Å². The molecule has 0 radical (unpaired) electrons. The highest BCUT2D eigenvalue weighted by Gasteiger charge is 2.07. The van der Waals surface area contributed by atoms with Crippen molar-refractivity contribution < 1.29 is 5.11 Å². The Labute approximate surface area is 101 Å². The number of nitrogens with zero attached hydrogens (tertiary/aromatic N) is 1. The Balaban J connectivity index is 2.68. The zero-order valence-corrected chi connectivity index (χ0v) is 10.4. The van der Waals surface area contributed by atoms with E-state index in [2.05, 4.69) is 23.7 Å². The van der Waals surface area contributed by atoms with Crippen LogP contribution in [0.3, 0.4) is 0 Å². The van der Waals surface area contributed by atoms with E-state index < -0.39 is 0 Å². The normalized spacial score (nSPS) is 10.2. The van der Waals surface area contributed by atoms with Gasteiger partial charge in [0.15, 0.2) is 0 Å². The van der Waals surface area contributed by atoms with Crippen molar-refractivity contribution in [1.29, 1.82) is 0 Å². The number of hydrogen-bond donors (Lipinski definition) is 2. The Bertz CT molecular complexity index is 365. The van der Waals surface area contributed by atoms with E-state index in [4.69, 9.17) is 10.8 Å². The SMILES string of the molecule is CCN(CCO)Cc1sccc1C#CCN. The molecule has 0 bridgehead atoms. The van der Waals surface area contributed by atoms with Crippen molar-refractivity contribution in [2.24, 2.45) is 5.73 Å². The van der Waals surface area contributed by atoms with Gasteiger partial charge in [-0.2, -0.15) is 0 Å². The summed E-state index contributed by atoms with van der Waals surface area (Å²) in [5.41, 5.74) is 6.42. The third-order valence-electron chi connectivity index (χ3n) is 2.30. The van der Waals surface area contributed by atoms with E-state index in [1.54, 1.807) is 11.3 Å². The second kappa shape index (κ2) is 7.42. The summed E-state index contributed by atoms with van der Waals surface area (Å²) in [6, 6.07) is 2.02. The predicted octanol–water partition coefficient (Wildman–Crippen LogP) is 0.873. The highest BCUT2D eigenvalue weighted by Crippen LogP contribution is 2.17. The first-order valence-electron chi connectivity index (χ1n) is 5.40. The van der Waals surface area contributed by atoms with Gasteiger partial charge in [0.25, 0.3) is 0 Å². The quantitative estimate of drug-likeness (QED) is 0.749. The molecular weight excluding hydrogens is 220 g/mol. The van der Waals surface area contributed by atoms with Gasteiger partial charge in [0.05, 0.1) is 13.2 Å². The van der Waals surface area contributed by atoms with E-state index in [-0.39, 0.29) is 6.61 Å². The number of rotatable bonds is 5. The zero-order valence-electron chi connectivity index (χ0n) is 9.57. The largest absolute Gasteiger partial charge is 0.395 e. The minimum Gasteiger partial charge on any atom is -0.395 e. The summed E-state index contributed by atoms with van der Waals surface area (Å²) in [5.74, 6) is 5.94. The van der Waals surface area contributed by atoms with E-state index in [0.29, 0.717) is 13.1 Å².